The molecule has 0 fully saturated rings. The quantitative estimate of drug-likeness (QED) is 0.327. The zero-order valence-corrected chi connectivity index (χ0v) is 16.1. The lowest BCUT2D eigenvalue weighted by atomic mass is 10.3. The number of fused-ring (bicyclic) bond motifs is 1. The normalized spacial score (nSPS) is 11.6. The summed E-state index contributed by atoms with van der Waals surface area (Å²) in [4.78, 5) is 8.92. The van der Waals surface area contributed by atoms with Crippen molar-refractivity contribution in [2.24, 2.45) is 4.99 Å². The first-order chi connectivity index (χ1) is 13.8. The van der Waals surface area contributed by atoms with E-state index in [0.29, 0.717) is 38.1 Å². The number of nitrogens with one attached hydrogen (secondary N) is 2. The maximum absolute atomic E-state index is 5.67. The molecule has 0 bridgehead atoms. The number of guanidine groups is 1. The highest BCUT2D eigenvalue weighted by Gasteiger charge is 2.07. The van der Waals surface area contributed by atoms with Crippen LogP contribution in [0.4, 0.5) is 0 Å². The fourth-order valence-corrected chi connectivity index (χ4v) is 2.58. The fraction of sp³-hybridized carbons (Fsp3) is 0.368. The Bertz CT molecular complexity index is 910. The van der Waals surface area contributed by atoms with E-state index in [0.717, 1.165) is 23.6 Å². The summed E-state index contributed by atoms with van der Waals surface area (Å²) in [6.45, 7) is 4.66. The Morgan fingerprint density at radius 3 is 2.93 bits per heavy atom. The van der Waals surface area contributed by atoms with Gasteiger partial charge in [0.2, 0.25) is 5.88 Å². The summed E-state index contributed by atoms with van der Waals surface area (Å²) >= 11 is 0. The van der Waals surface area contributed by atoms with E-state index in [9.17, 15) is 0 Å². The van der Waals surface area contributed by atoms with Gasteiger partial charge in [-0.05, 0) is 25.1 Å². The van der Waals surface area contributed by atoms with Crippen LogP contribution in [0.15, 0.2) is 47.7 Å². The van der Waals surface area contributed by atoms with Gasteiger partial charge in [-0.25, -0.2) is 9.98 Å². The van der Waals surface area contributed by atoms with E-state index in [4.69, 9.17) is 9.47 Å². The SMILES string of the molecule is CCNC(=NCc1cccnc1OCCOC)NCc1nnc2ccccn12. The predicted octanol–water partition coefficient (Wildman–Crippen LogP) is 1.40. The lowest BCUT2D eigenvalue weighted by Gasteiger charge is -2.12. The summed E-state index contributed by atoms with van der Waals surface area (Å²) in [7, 11) is 1.64. The molecule has 0 unspecified atom stereocenters. The average molecular weight is 383 g/mol. The molecule has 0 atom stereocenters. The number of hydrogen-bond donors (Lipinski definition) is 2. The topological polar surface area (TPSA) is 98.0 Å². The van der Waals surface area contributed by atoms with Gasteiger partial charge in [-0.3, -0.25) is 4.40 Å². The van der Waals surface area contributed by atoms with E-state index in [1.165, 1.54) is 0 Å². The van der Waals surface area contributed by atoms with Gasteiger partial charge in [0, 0.05) is 31.6 Å². The van der Waals surface area contributed by atoms with E-state index in [2.05, 4.69) is 30.8 Å². The Hall–Kier alpha value is -3.20. The maximum Gasteiger partial charge on any atom is 0.218 e. The number of nitrogens with zero attached hydrogens (tertiary/aromatic N) is 5. The minimum Gasteiger partial charge on any atom is -0.475 e. The van der Waals surface area contributed by atoms with Crippen molar-refractivity contribution < 1.29 is 9.47 Å². The second-order valence-electron chi connectivity index (χ2n) is 5.90. The number of ether oxygens (including phenoxy) is 2. The van der Waals surface area contributed by atoms with Crippen LogP contribution in [0.1, 0.15) is 18.3 Å². The van der Waals surface area contributed by atoms with Gasteiger partial charge in [-0.15, -0.1) is 10.2 Å². The molecule has 0 spiro atoms. The minimum absolute atomic E-state index is 0.437. The summed E-state index contributed by atoms with van der Waals surface area (Å²) in [6, 6.07) is 9.63. The third-order valence-corrected chi connectivity index (χ3v) is 3.93. The van der Waals surface area contributed by atoms with Gasteiger partial charge in [-0.1, -0.05) is 12.1 Å². The van der Waals surface area contributed by atoms with Gasteiger partial charge in [-0.2, -0.15) is 0 Å². The predicted molar refractivity (Wildman–Crippen MR) is 106 cm³/mol. The van der Waals surface area contributed by atoms with Gasteiger partial charge in [0.1, 0.15) is 6.61 Å². The molecule has 0 saturated heterocycles. The van der Waals surface area contributed by atoms with E-state index in [1.807, 2.05) is 47.9 Å². The summed E-state index contributed by atoms with van der Waals surface area (Å²) in [5.41, 5.74) is 1.72. The first-order valence-corrected chi connectivity index (χ1v) is 9.18. The van der Waals surface area contributed by atoms with Gasteiger partial charge in [0.25, 0.3) is 0 Å². The van der Waals surface area contributed by atoms with Crippen molar-refractivity contribution in [3.63, 3.8) is 0 Å². The molecule has 3 heterocycles. The molecule has 0 aliphatic rings. The van der Waals surface area contributed by atoms with Crippen LogP contribution in [0.3, 0.4) is 0 Å². The summed E-state index contributed by atoms with van der Waals surface area (Å²) in [6.07, 6.45) is 3.64. The standard InChI is InChI=1S/C19H25N7O2/c1-3-20-19(23-14-17-25-24-16-8-4-5-10-26(16)17)22-13-15-7-6-9-21-18(15)28-12-11-27-2/h4-10H,3,11-14H2,1-2H3,(H2,20,22,23). The number of aromatic nitrogens is 4. The molecule has 3 aromatic heterocycles. The van der Waals surface area contributed by atoms with Crippen LogP contribution in [-0.4, -0.2) is 52.4 Å². The Morgan fingerprint density at radius 1 is 1.14 bits per heavy atom. The Balaban J connectivity index is 1.66. The molecule has 3 aromatic rings. The van der Waals surface area contributed by atoms with Crippen LogP contribution in [0.5, 0.6) is 5.88 Å². The zero-order valence-electron chi connectivity index (χ0n) is 16.1. The summed E-state index contributed by atoms with van der Waals surface area (Å²) < 4.78 is 12.6. The molecule has 0 aromatic carbocycles. The molecule has 148 valence electrons. The largest absolute Gasteiger partial charge is 0.475 e. The van der Waals surface area contributed by atoms with Crippen LogP contribution in [0, 0.1) is 0 Å². The number of rotatable bonds is 9. The maximum atomic E-state index is 5.67. The third kappa shape index (κ3) is 5.17. The Kier molecular flexibility index (Phi) is 7.14. The Labute approximate surface area is 163 Å². The number of hydrogen-bond acceptors (Lipinski definition) is 6. The first kappa shape index (κ1) is 19.6. The molecule has 0 aliphatic carbocycles. The van der Waals surface area contributed by atoms with Crippen molar-refractivity contribution in [2.75, 3.05) is 26.9 Å². The minimum atomic E-state index is 0.437. The Morgan fingerprint density at radius 2 is 2.07 bits per heavy atom. The zero-order chi connectivity index (χ0) is 19.6. The van der Waals surface area contributed by atoms with Crippen molar-refractivity contribution in [2.45, 2.75) is 20.0 Å². The number of aliphatic imine (C=N–C) groups is 1. The van der Waals surface area contributed by atoms with Crippen molar-refractivity contribution in [3.8, 4) is 5.88 Å². The van der Waals surface area contributed by atoms with Gasteiger partial charge in [0.15, 0.2) is 17.4 Å². The molecular weight excluding hydrogens is 358 g/mol. The monoisotopic (exact) mass is 383 g/mol. The molecule has 0 aliphatic heterocycles. The van der Waals surface area contributed by atoms with E-state index < -0.39 is 0 Å². The van der Waals surface area contributed by atoms with Crippen LogP contribution < -0.4 is 15.4 Å². The average Bonchev–Trinajstić information content (AvgIpc) is 3.14. The highest BCUT2D eigenvalue weighted by molar-refractivity contribution is 5.79. The van der Waals surface area contributed by atoms with Gasteiger partial charge in [0.05, 0.1) is 19.7 Å². The molecule has 9 nitrogen and oxygen atoms in total. The summed E-state index contributed by atoms with van der Waals surface area (Å²) in [5, 5.41) is 14.9. The van der Waals surface area contributed by atoms with Crippen molar-refractivity contribution in [3.05, 3.63) is 54.1 Å². The third-order valence-electron chi connectivity index (χ3n) is 3.93. The molecule has 28 heavy (non-hydrogen) atoms. The van der Waals surface area contributed by atoms with Crippen LogP contribution in [0.25, 0.3) is 5.65 Å². The number of pyridine rings is 2. The highest BCUT2D eigenvalue weighted by Crippen LogP contribution is 2.15. The smallest absolute Gasteiger partial charge is 0.218 e. The van der Waals surface area contributed by atoms with E-state index in [-0.39, 0.29) is 0 Å². The molecule has 0 radical (unpaired) electrons. The van der Waals surface area contributed by atoms with E-state index >= 15 is 0 Å². The van der Waals surface area contributed by atoms with Gasteiger partial charge >= 0.3 is 0 Å². The van der Waals surface area contributed by atoms with Crippen LogP contribution in [-0.2, 0) is 17.8 Å². The first-order valence-electron chi connectivity index (χ1n) is 9.18. The van der Waals surface area contributed by atoms with E-state index in [1.54, 1.807) is 13.3 Å². The second-order valence-corrected chi connectivity index (χ2v) is 5.90. The van der Waals surface area contributed by atoms with Crippen molar-refractivity contribution in [1.29, 1.82) is 0 Å². The summed E-state index contributed by atoms with van der Waals surface area (Å²) in [5.74, 6) is 2.07. The highest BCUT2D eigenvalue weighted by atomic mass is 16.5. The molecular formula is C19H25N7O2. The lowest BCUT2D eigenvalue weighted by Crippen LogP contribution is -2.37. The van der Waals surface area contributed by atoms with Crippen LogP contribution in [0.2, 0.25) is 0 Å². The molecule has 9 heteroatoms. The van der Waals surface area contributed by atoms with Crippen molar-refractivity contribution >= 4 is 11.6 Å². The molecule has 0 saturated carbocycles. The van der Waals surface area contributed by atoms with Crippen LogP contribution >= 0.6 is 0 Å². The van der Waals surface area contributed by atoms with Crippen molar-refractivity contribution in [1.82, 2.24) is 30.2 Å². The number of methoxy groups -OCH3 is 1. The second kappa shape index (κ2) is 10.2. The van der Waals surface area contributed by atoms with Gasteiger partial charge < -0.3 is 20.1 Å². The molecule has 3 rings (SSSR count). The molecule has 0 amide bonds. The lowest BCUT2D eigenvalue weighted by molar-refractivity contribution is 0.143. The fourth-order valence-electron chi connectivity index (χ4n) is 2.58. The molecule has 2 N–H and O–H groups in total.